The van der Waals surface area contributed by atoms with E-state index in [-0.39, 0.29) is 28.0 Å². The molecule has 0 unspecified atom stereocenters. The SMILES string of the molecule is CCOc1ccc(Br)cc1S(=O)(=O)Nc1ccccc1C(=O)O[C@H]1C[C@H](C)CC[C@@H]1C(C)C. The van der Waals surface area contributed by atoms with Gasteiger partial charge in [-0.25, -0.2) is 13.2 Å². The van der Waals surface area contributed by atoms with Gasteiger partial charge in [-0.2, -0.15) is 0 Å². The predicted octanol–water partition coefficient (Wildman–Crippen LogP) is 6.27. The number of halogens is 1. The van der Waals surface area contributed by atoms with Crippen LogP contribution in [-0.4, -0.2) is 27.1 Å². The second-order valence-electron chi connectivity index (χ2n) is 8.95. The van der Waals surface area contributed by atoms with E-state index < -0.39 is 16.0 Å². The fourth-order valence-corrected chi connectivity index (χ4v) is 6.13. The van der Waals surface area contributed by atoms with Crippen LogP contribution in [0.1, 0.15) is 57.3 Å². The van der Waals surface area contributed by atoms with Crippen LogP contribution >= 0.6 is 15.9 Å². The summed E-state index contributed by atoms with van der Waals surface area (Å²) in [5.74, 6) is 0.906. The molecule has 3 rings (SSSR count). The summed E-state index contributed by atoms with van der Waals surface area (Å²) < 4.78 is 41.1. The van der Waals surface area contributed by atoms with Crippen LogP contribution in [0.2, 0.25) is 0 Å². The highest BCUT2D eigenvalue weighted by atomic mass is 79.9. The fourth-order valence-electron chi connectivity index (χ4n) is 4.37. The summed E-state index contributed by atoms with van der Waals surface area (Å²) in [5.41, 5.74) is 0.365. The summed E-state index contributed by atoms with van der Waals surface area (Å²) in [6.45, 7) is 8.58. The van der Waals surface area contributed by atoms with E-state index in [4.69, 9.17) is 9.47 Å². The van der Waals surface area contributed by atoms with Gasteiger partial charge >= 0.3 is 5.97 Å². The Morgan fingerprint density at radius 3 is 2.61 bits per heavy atom. The number of rotatable bonds is 8. The Kier molecular flexibility index (Phi) is 8.45. The number of carbonyl (C=O) groups is 1. The highest BCUT2D eigenvalue weighted by Crippen LogP contribution is 2.36. The lowest BCUT2D eigenvalue weighted by atomic mass is 9.75. The first-order valence-electron chi connectivity index (χ1n) is 11.4. The Hall–Kier alpha value is -2.06. The van der Waals surface area contributed by atoms with Gasteiger partial charge in [0, 0.05) is 4.47 Å². The minimum Gasteiger partial charge on any atom is -0.492 e. The summed E-state index contributed by atoms with van der Waals surface area (Å²) in [6, 6.07) is 11.3. The largest absolute Gasteiger partial charge is 0.492 e. The number of hydrogen-bond acceptors (Lipinski definition) is 5. The fraction of sp³-hybridized carbons (Fsp3) is 0.480. The summed E-state index contributed by atoms with van der Waals surface area (Å²) in [4.78, 5) is 13.2. The summed E-state index contributed by atoms with van der Waals surface area (Å²) in [7, 11) is -4.02. The van der Waals surface area contributed by atoms with Gasteiger partial charge in [-0.05, 0) is 67.9 Å². The maximum atomic E-state index is 13.2. The topological polar surface area (TPSA) is 81.7 Å². The zero-order chi connectivity index (χ0) is 24.2. The molecule has 6 nitrogen and oxygen atoms in total. The summed E-state index contributed by atoms with van der Waals surface area (Å²) in [6.07, 6.45) is 2.79. The molecule has 0 amide bonds. The van der Waals surface area contributed by atoms with Crippen LogP contribution in [0.3, 0.4) is 0 Å². The number of carbonyl (C=O) groups excluding carboxylic acids is 1. The first-order valence-corrected chi connectivity index (χ1v) is 13.6. The van der Waals surface area contributed by atoms with Gasteiger partial charge in [0.1, 0.15) is 16.7 Å². The molecule has 8 heteroatoms. The predicted molar refractivity (Wildman–Crippen MR) is 133 cm³/mol. The smallest absolute Gasteiger partial charge is 0.340 e. The van der Waals surface area contributed by atoms with Gasteiger partial charge in [-0.1, -0.05) is 55.3 Å². The van der Waals surface area contributed by atoms with E-state index in [9.17, 15) is 13.2 Å². The number of para-hydroxylation sites is 1. The van der Waals surface area contributed by atoms with Crippen LogP contribution in [0.15, 0.2) is 51.8 Å². The molecule has 33 heavy (non-hydrogen) atoms. The molecular weight excluding hydrogens is 506 g/mol. The molecule has 0 bridgehead atoms. The van der Waals surface area contributed by atoms with Crippen LogP contribution in [0.25, 0.3) is 0 Å². The first-order chi connectivity index (χ1) is 15.6. The third-order valence-corrected chi connectivity index (χ3v) is 7.99. The van der Waals surface area contributed by atoms with Gasteiger partial charge in [0.25, 0.3) is 10.0 Å². The lowest BCUT2D eigenvalue weighted by molar-refractivity contribution is -0.0173. The average Bonchev–Trinajstić information content (AvgIpc) is 2.75. The number of anilines is 1. The molecule has 2 aromatic carbocycles. The van der Waals surface area contributed by atoms with Gasteiger partial charge in [-0.3, -0.25) is 4.72 Å². The number of ether oxygens (including phenoxy) is 2. The molecule has 1 aliphatic rings. The quantitative estimate of drug-likeness (QED) is 0.401. The standard InChI is InChI=1S/C25H32BrNO5S/c1-5-31-22-13-11-18(26)15-24(22)33(29,30)27-21-9-7-6-8-20(21)25(28)32-23-14-17(4)10-12-19(23)16(2)3/h6-9,11,13,15-17,19,23,27H,5,10,12,14H2,1-4H3/t17-,19-,23+/m1/s1. The molecule has 1 fully saturated rings. The van der Waals surface area contributed by atoms with E-state index in [1.807, 2.05) is 0 Å². The molecule has 0 aromatic heterocycles. The van der Waals surface area contributed by atoms with Crippen molar-refractivity contribution in [3.8, 4) is 5.75 Å². The molecule has 1 N–H and O–H groups in total. The molecule has 2 aromatic rings. The Labute approximate surface area is 205 Å². The molecule has 180 valence electrons. The van der Waals surface area contributed by atoms with Crippen molar-refractivity contribution >= 4 is 37.6 Å². The van der Waals surface area contributed by atoms with E-state index in [0.29, 0.717) is 28.8 Å². The molecule has 0 saturated heterocycles. The van der Waals surface area contributed by atoms with Crippen molar-refractivity contribution < 1.29 is 22.7 Å². The Balaban J connectivity index is 1.88. The van der Waals surface area contributed by atoms with Crippen LogP contribution in [-0.2, 0) is 14.8 Å². The van der Waals surface area contributed by atoms with Gasteiger partial charge in [-0.15, -0.1) is 0 Å². The maximum absolute atomic E-state index is 13.2. The maximum Gasteiger partial charge on any atom is 0.340 e. The number of nitrogens with one attached hydrogen (secondary N) is 1. The molecule has 0 radical (unpaired) electrons. The zero-order valence-corrected chi connectivity index (χ0v) is 21.9. The average molecular weight is 539 g/mol. The van der Waals surface area contributed by atoms with E-state index >= 15 is 0 Å². The second kappa shape index (κ2) is 10.9. The zero-order valence-electron chi connectivity index (χ0n) is 19.5. The van der Waals surface area contributed by atoms with E-state index in [2.05, 4.69) is 41.4 Å². The highest BCUT2D eigenvalue weighted by Gasteiger charge is 2.34. The Morgan fingerprint density at radius 1 is 1.18 bits per heavy atom. The van der Waals surface area contributed by atoms with Crippen molar-refractivity contribution in [1.82, 2.24) is 0 Å². The number of sulfonamides is 1. The molecule has 0 spiro atoms. The number of hydrogen-bond donors (Lipinski definition) is 1. The monoisotopic (exact) mass is 537 g/mol. The van der Waals surface area contributed by atoms with Gasteiger partial charge in [0.05, 0.1) is 17.9 Å². The second-order valence-corrected chi connectivity index (χ2v) is 11.5. The molecule has 3 atom stereocenters. The minimum atomic E-state index is -4.02. The van der Waals surface area contributed by atoms with Crippen LogP contribution < -0.4 is 9.46 Å². The van der Waals surface area contributed by atoms with Crippen LogP contribution in [0.5, 0.6) is 5.75 Å². The lowest BCUT2D eigenvalue weighted by Gasteiger charge is -2.36. The number of benzene rings is 2. The molecule has 1 aliphatic carbocycles. The van der Waals surface area contributed by atoms with Crippen molar-refractivity contribution in [2.24, 2.45) is 17.8 Å². The Bertz CT molecular complexity index is 1090. The lowest BCUT2D eigenvalue weighted by Crippen LogP contribution is -2.36. The molecule has 1 saturated carbocycles. The van der Waals surface area contributed by atoms with Gasteiger partial charge in [0.15, 0.2) is 0 Å². The number of esters is 1. The van der Waals surface area contributed by atoms with Crippen molar-refractivity contribution in [3.63, 3.8) is 0 Å². The summed E-state index contributed by atoms with van der Waals surface area (Å²) >= 11 is 3.32. The Morgan fingerprint density at radius 2 is 1.91 bits per heavy atom. The van der Waals surface area contributed by atoms with E-state index in [0.717, 1.165) is 19.3 Å². The molecule has 0 heterocycles. The van der Waals surface area contributed by atoms with Gasteiger partial charge in [0.2, 0.25) is 0 Å². The molecular formula is C25H32BrNO5S. The van der Waals surface area contributed by atoms with E-state index in [1.165, 1.54) is 6.07 Å². The third kappa shape index (κ3) is 6.29. The normalized spacial score (nSPS) is 21.0. The summed E-state index contributed by atoms with van der Waals surface area (Å²) in [5, 5.41) is 0. The third-order valence-electron chi connectivity index (χ3n) is 6.11. The van der Waals surface area contributed by atoms with Crippen molar-refractivity contribution in [3.05, 3.63) is 52.5 Å². The molecule has 0 aliphatic heterocycles. The van der Waals surface area contributed by atoms with Crippen LogP contribution in [0.4, 0.5) is 5.69 Å². The van der Waals surface area contributed by atoms with E-state index in [1.54, 1.807) is 43.3 Å². The minimum absolute atomic E-state index is 0.0112. The highest BCUT2D eigenvalue weighted by molar-refractivity contribution is 9.10. The van der Waals surface area contributed by atoms with Crippen molar-refractivity contribution in [2.45, 2.75) is 58.0 Å². The first kappa shape index (κ1) is 25.6. The van der Waals surface area contributed by atoms with Gasteiger partial charge < -0.3 is 9.47 Å². The van der Waals surface area contributed by atoms with Crippen molar-refractivity contribution in [2.75, 3.05) is 11.3 Å². The van der Waals surface area contributed by atoms with Crippen molar-refractivity contribution in [1.29, 1.82) is 0 Å². The van der Waals surface area contributed by atoms with Crippen LogP contribution in [0, 0.1) is 17.8 Å².